The van der Waals surface area contributed by atoms with Crippen molar-refractivity contribution in [3.8, 4) is 0 Å². The van der Waals surface area contributed by atoms with Crippen molar-refractivity contribution in [2.45, 2.75) is 71.7 Å². The van der Waals surface area contributed by atoms with Gasteiger partial charge in [-0.05, 0) is 53.1 Å². The number of hydrogen-bond acceptors (Lipinski definition) is 5. The van der Waals surface area contributed by atoms with Crippen LogP contribution in [0.4, 0.5) is 8.78 Å². The van der Waals surface area contributed by atoms with E-state index in [0.717, 1.165) is 0 Å². The van der Waals surface area contributed by atoms with E-state index in [1.54, 1.807) is 41.5 Å². The van der Waals surface area contributed by atoms with Crippen LogP contribution in [0.2, 0.25) is 0 Å². The van der Waals surface area contributed by atoms with E-state index in [2.05, 4.69) is 0 Å². The van der Waals surface area contributed by atoms with Gasteiger partial charge < -0.3 is 14.2 Å². The van der Waals surface area contributed by atoms with E-state index in [0.29, 0.717) is 0 Å². The van der Waals surface area contributed by atoms with Crippen molar-refractivity contribution in [2.24, 2.45) is 10.8 Å². The van der Waals surface area contributed by atoms with Crippen LogP contribution in [-0.4, -0.2) is 42.2 Å². The Hall–Kier alpha value is -0.950. The molecule has 0 radical (unpaired) electrons. The lowest BCUT2D eigenvalue weighted by molar-refractivity contribution is -0.212. The molecule has 0 aromatic rings. The molecule has 0 bridgehead atoms. The minimum Gasteiger partial charge on any atom is -0.458 e. The fourth-order valence-corrected chi connectivity index (χ4v) is 1.99. The zero-order chi connectivity index (χ0) is 18.9. The molecule has 0 amide bonds. The summed E-state index contributed by atoms with van der Waals surface area (Å²) in [4.78, 5) is 24.1. The highest BCUT2D eigenvalue weighted by Gasteiger charge is 2.48. The highest BCUT2D eigenvalue weighted by Crippen LogP contribution is 2.35. The highest BCUT2D eigenvalue weighted by atomic mass is 35.5. The third-order valence-electron chi connectivity index (χ3n) is 3.43. The summed E-state index contributed by atoms with van der Waals surface area (Å²) in [5, 5.41) is -3.61. The number of ether oxygens (including phenoxy) is 3. The van der Waals surface area contributed by atoms with Crippen LogP contribution in [0.5, 0.6) is 0 Å². The fraction of sp³-hybridized carbons (Fsp3) is 0.875. The first-order valence-electron chi connectivity index (χ1n) is 7.73. The molecule has 0 N–H and O–H groups in total. The predicted octanol–water partition coefficient (Wildman–Crippen LogP) is 3.52. The number of carbonyl (C=O) groups excluding carboxylic acids is 2. The quantitative estimate of drug-likeness (QED) is 0.562. The molecule has 1 aliphatic rings. The molecule has 0 aromatic heterocycles. The largest absolute Gasteiger partial charge is 0.458 e. The van der Waals surface area contributed by atoms with Crippen LogP contribution in [0, 0.1) is 10.8 Å². The standard InChI is InChI=1S/C16H25ClF2O5/c1-14(2,3)12(20)23-9-7-11(16(17,18)19)22-8-10(9)24-13(21)15(4,5)6/h9-11H,7-8H2,1-6H3/t9-,10-,11+/m1/s1. The summed E-state index contributed by atoms with van der Waals surface area (Å²) >= 11 is 5.02. The average molecular weight is 371 g/mol. The number of rotatable bonds is 3. The predicted molar refractivity (Wildman–Crippen MR) is 83.8 cm³/mol. The molecule has 1 rings (SSSR count). The number of carbonyl (C=O) groups is 2. The number of alkyl halides is 3. The molecule has 0 unspecified atom stereocenters. The van der Waals surface area contributed by atoms with Crippen LogP contribution >= 0.6 is 11.6 Å². The molecule has 1 aliphatic heterocycles. The van der Waals surface area contributed by atoms with Gasteiger partial charge in [0.1, 0.15) is 12.2 Å². The minimum absolute atomic E-state index is 0.323. The topological polar surface area (TPSA) is 61.8 Å². The summed E-state index contributed by atoms with van der Waals surface area (Å²) in [6, 6.07) is 0. The lowest BCUT2D eigenvalue weighted by Crippen LogP contribution is -2.51. The fourth-order valence-electron chi connectivity index (χ4n) is 1.84. The lowest BCUT2D eigenvalue weighted by Gasteiger charge is -2.38. The van der Waals surface area contributed by atoms with Gasteiger partial charge in [0.15, 0.2) is 6.10 Å². The zero-order valence-corrected chi connectivity index (χ0v) is 15.6. The van der Waals surface area contributed by atoms with Crippen molar-refractivity contribution in [3.63, 3.8) is 0 Å². The smallest absolute Gasteiger partial charge is 0.347 e. The van der Waals surface area contributed by atoms with Crippen molar-refractivity contribution in [2.75, 3.05) is 6.61 Å². The summed E-state index contributed by atoms with van der Waals surface area (Å²) in [5.41, 5.74) is -1.61. The van der Waals surface area contributed by atoms with E-state index in [1.165, 1.54) is 0 Å². The zero-order valence-electron chi connectivity index (χ0n) is 14.8. The monoisotopic (exact) mass is 370 g/mol. The van der Waals surface area contributed by atoms with Crippen molar-refractivity contribution in [3.05, 3.63) is 0 Å². The Labute approximate surface area is 146 Å². The van der Waals surface area contributed by atoms with Crippen LogP contribution in [-0.2, 0) is 23.8 Å². The maximum Gasteiger partial charge on any atom is 0.347 e. The number of hydrogen-bond donors (Lipinski definition) is 0. The van der Waals surface area contributed by atoms with Gasteiger partial charge in [-0.3, -0.25) is 9.59 Å². The molecule has 24 heavy (non-hydrogen) atoms. The third kappa shape index (κ3) is 5.84. The summed E-state index contributed by atoms with van der Waals surface area (Å²) in [6.07, 6.45) is -3.99. The lowest BCUT2D eigenvalue weighted by atomic mass is 9.95. The second-order valence-electron chi connectivity index (χ2n) is 7.99. The Bertz CT molecular complexity index is 476. The molecule has 0 saturated carbocycles. The SMILES string of the molecule is CC(C)(C)C(=O)O[C@@H]1CO[C@H](C(F)(F)Cl)C[C@H]1OC(=O)C(C)(C)C. The summed E-state index contributed by atoms with van der Waals surface area (Å²) < 4.78 is 42.3. The van der Waals surface area contributed by atoms with E-state index in [4.69, 9.17) is 25.8 Å². The van der Waals surface area contributed by atoms with Crippen molar-refractivity contribution in [1.29, 1.82) is 0 Å². The second-order valence-corrected chi connectivity index (χ2v) is 8.49. The maximum absolute atomic E-state index is 13.3. The van der Waals surface area contributed by atoms with Gasteiger partial charge in [-0.15, -0.1) is 0 Å². The molecule has 1 heterocycles. The van der Waals surface area contributed by atoms with E-state index in [1.807, 2.05) is 0 Å². The van der Waals surface area contributed by atoms with E-state index >= 15 is 0 Å². The number of halogens is 3. The van der Waals surface area contributed by atoms with Crippen LogP contribution in [0.1, 0.15) is 48.0 Å². The molecule has 140 valence electrons. The molecule has 0 spiro atoms. The molecule has 1 fully saturated rings. The summed E-state index contributed by atoms with van der Waals surface area (Å²) in [5.74, 6) is -1.12. The van der Waals surface area contributed by atoms with Gasteiger partial charge in [-0.25, -0.2) is 0 Å². The van der Waals surface area contributed by atoms with E-state index in [9.17, 15) is 18.4 Å². The first kappa shape index (κ1) is 21.1. The van der Waals surface area contributed by atoms with Gasteiger partial charge in [-0.2, -0.15) is 8.78 Å². The second kappa shape index (κ2) is 7.12. The molecule has 0 aromatic carbocycles. The maximum atomic E-state index is 13.3. The highest BCUT2D eigenvalue weighted by molar-refractivity contribution is 6.22. The van der Waals surface area contributed by atoms with Gasteiger partial charge in [0.2, 0.25) is 0 Å². The van der Waals surface area contributed by atoms with Gasteiger partial charge in [0.05, 0.1) is 17.4 Å². The normalized spacial score (nSPS) is 26.0. The molecule has 3 atom stereocenters. The first-order valence-corrected chi connectivity index (χ1v) is 8.10. The van der Waals surface area contributed by atoms with Gasteiger partial charge in [0.25, 0.3) is 0 Å². The van der Waals surface area contributed by atoms with Gasteiger partial charge in [0, 0.05) is 6.42 Å². The molecule has 0 aliphatic carbocycles. The summed E-state index contributed by atoms with van der Waals surface area (Å²) in [6.45, 7) is 9.56. The minimum atomic E-state index is -3.61. The van der Waals surface area contributed by atoms with Crippen LogP contribution in [0.3, 0.4) is 0 Å². The van der Waals surface area contributed by atoms with E-state index < -0.39 is 46.5 Å². The Morgan fingerprint density at radius 1 is 0.958 bits per heavy atom. The molecule has 1 saturated heterocycles. The van der Waals surface area contributed by atoms with E-state index in [-0.39, 0.29) is 13.0 Å². The Morgan fingerprint density at radius 2 is 1.38 bits per heavy atom. The van der Waals surface area contributed by atoms with Gasteiger partial charge in [-0.1, -0.05) is 0 Å². The molecule has 5 nitrogen and oxygen atoms in total. The average Bonchev–Trinajstić information content (AvgIpc) is 2.37. The van der Waals surface area contributed by atoms with Crippen molar-refractivity contribution >= 4 is 23.5 Å². The summed E-state index contributed by atoms with van der Waals surface area (Å²) in [7, 11) is 0. The first-order chi connectivity index (χ1) is 10.6. The Morgan fingerprint density at radius 3 is 1.75 bits per heavy atom. The molecular weight excluding hydrogens is 346 g/mol. The van der Waals surface area contributed by atoms with Gasteiger partial charge >= 0.3 is 17.3 Å². The third-order valence-corrected chi connectivity index (χ3v) is 3.67. The number of esters is 2. The Kier molecular flexibility index (Phi) is 6.26. The van der Waals surface area contributed by atoms with Crippen LogP contribution < -0.4 is 0 Å². The van der Waals surface area contributed by atoms with Crippen molar-refractivity contribution in [1.82, 2.24) is 0 Å². The van der Waals surface area contributed by atoms with Crippen molar-refractivity contribution < 1.29 is 32.6 Å². The van der Waals surface area contributed by atoms with Crippen LogP contribution in [0.15, 0.2) is 0 Å². The van der Waals surface area contributed by atoms with Crippen LogP contribution in [0.25, 0.3) is 0 Å². The molecule has 8 heteroatoms. The Balaban J connectivity index is 2.92. The molecular formula is C16H25ClF2O5.